The van der Waals surface area contributed by atoms with Crippen molar-refractivity contribution in [2.75, 3.05) is 42.5 Å². The molecule has 0 N–H and O–H groups in total. The summed E-state index contributed by atoms with van der Waals surface area (Å²) in [5.41, 5.74) is 4.32. The molecule has 34 heavy (non-hydrogen) atoms. The van der Waals surface area contributed by atoms with Gasteiger partial charge in [-0.1, -0.05) is 24.3 Å². The van der Waals surface area contributed by atoms with E-state index in [4.69, 9.17) is 14.7 Å². The predicted molar refractivity (Wildman–Crippen MR) is 133 cm³/mol. The van der Waals surface area contributed by atoms with Gasteiger partial charge in [-0.05, 0) is 43.7 Å². The van der Waals surface area contributed by atoms with Crippen molar-refractivity contribution in [1.82, 2.24) is 14.9 Å². The maximum atomic E-state index is 14.1. The largest absolute Gasteiger partial charge is 0.491 e. The Morgan fingerprint density at radius 1 is 0.941 bits per heavy atom. The Morgan fingerprint density at radius 3 is 2.41 bits per heavy atom. The molecule has 0 bridgehead atoms. The van der Waals surface area contributed by atoms with Gasteiger partial charge in [-0.3, -0.25) is 4.90 Å². The first-order valence-corrected chi connectivity index (χ1v) is 12.1. The zero-order chi connectivity index (χ0) is 23.5. The molecule has 1 aromatic heterocycles. The van der Waals surface area contributed by atoms with Crippen LogP contribution in [0.15, 0.2) is 54.7 Å². The van der Waals surface area contributed by atoms with Crippen molar-refractivity contribution in [2.45, 2.75) is 39.5 Å². The Bertz CT molecular complexity index is 1110. The van der Waals surface area contributed by atoms with Gasteiger partial charge in [0.05, 0.1) is 17.5 Å². The number of halogens is 1. The number of rotatable bonds is 6. The average Bonchev–Trinajstić information content (AvgIpc) is 2.85. The Kier molecular flexibility index (Phi) is 6.63. The van der Waals surface area contributed by atoms with E-state index in [1.807, 2.05) is 32.2 Å². The molecule has 2 aliphatic rings. The summed E-state index contributed by atoms with van der Waals surface area (Å²) in [6.07, 6.45) is 3.10. The van der Waals surface area contributed by atoms with Gasteiger partial charge < -0.3 is 14.5 Å². The van der Waals surface area contributed by atoms with Crippen molar-refractivity contribution in [3.63, 3.8) is 0 Å². The second-order valence-electron chi connectivity index (χ2n) is 9.34. The first-order valence-electron chi connectivity index (χ1n) is 12.1. The summed E-state index contributed by atoms with van der Waals surface area (Å²) < 4.78 is 19.9. The Hall–Kier alpha value is -3.19. The number of nitrogens with zero attached hydrogens (tertiary/aromatic N) is 5. The molecular weight excluding hydrogens is 429 g/mol. The summed E-state index contributed by atoms with van der Waals surface area (Å²) in [7, 11) is 0. The highest BCUT2D eigenvalue weighted by atomic mass is 19.1. The van der Waals surface area contributed by atoms with Gasteiger partial charge >= 0.3 is 0 Å². The van der Waals surface area contributed by atoms with Crippen molar-refractivity contribution in [1.29, 1.82) is 0 Å². The van der Waals surface area contributed by atoms with Crippen molar-refractivity contribution < 1.29 is 9.13 Å². The van der Waals surface area contributed by atoms with Crippen molar-refractivity contribution >= 4 is 11.6 Å². The number of ether oxygens (including phenoxy) is 1. The molecule has 3 heterocycles. The van der Waals surface area contributed by atoms with Crippen LogP contribution in [0.1, 0.15) is 30.7 Å². The highest BCUT2D eigenvalue weighted by Crippen LogP contribution is 2.24. The molecule has 0 amide bonds. The molecular formula is C27H32FN5O. The second kappa shape index (κ2) is 9.97. The molecule has 7 heteroatoms. The van der Waals surface area contributed by atoms with Gasteiger partial charge in [0.25, 0.3) is 0 Å². The number of aromatic nitrogens is 2. The predicted octanol–water partition coefficient (Wildman–Crippen LogP) is 4.29. The fourth-order valence-electron chi connectivity index (χ4n) is 4.71. The van der Waals surface area contributed by atoms with Gasteiger partial charge in [-0.15, -0.1) is 0 Å². The third kappa shape index (κ3) is 5.14. The van der Waals surface area contributed by atoms with Gasteiger partial charge in [0.1, 0.15) is 11.6 Å². The lowest BCUT2D eigenvalue weighted by atomic mass is 10.1. The van der Waals surface area contributed by atoms with Crippen molar-refractivity contribution in [3.8, 4) is 5.75 Å². The number of anilines is 2. The Morgan fingerprint density at radius 2 is 1.68 bits per heavy atom. The van der Waals surface area contributed by atoms with Crippen LogP contribution in [0.25, 0.3) is 0 Å². The summed E-state index contributed by atoms with van der Waals surface area (Å²) in [5, 5.41) is 0. The smallest absolute Gasteiger partial charge is 0.225 e. The van der Waals surface area contributed by atoms with Gasteiger partial charge in [-0.2, -0.15) is 0 Å². The molecule has 178 valence electrons. The molecule has 0 aliphatic carbocycles. The van der Waals surface area contributed by atoms with Crippen molar-refractivity contribution in [2.24, 2.45) is 0 Å². The first kappa shape index (κ1) is 22.6. The molecule has 1 saturated heterocycles. The van der Waals surface area contributed by atoms with E-state index in [2.05, 4.69) is 39.0 Å². The summed E-state index contributed by atoms with van der Waals surface area (Å²) in [6, 6.07) is 15.4. The fraction of sp³-hybridized carbons (Fsp3) is 0.407. The maximum Gasteiger partial charge on any atom is 0.225 e. The third-order valence-corrected chi connectivity index (χ3v) is 6.46. The number of hydrogen-bond donors (Lipinski definition) is 0. The first-order chi connectivity index (χ1) is 16.5. The van der Waals surface area contributed by atoms with Crippen LogP contribution in [-0.2, 0) is 19.5 Å². The van der Waals surface area contributed by atoms with Crippen LogP contribution in [0, 0.1) is 5.82 Å². The standard InChI is InChI=1S/C27H32FN5O/c1-20(2)34-23-9-7-21(8-10-23)18-31-12-11-25-22(19-31)17-29-27(30-25)33-15-13-32(14-16-33)26-6-4-3-5-24(26)28/h3-10,17,20H,11-16,18-19H2,1-2H3. The molecule has 0 radical (unpaired) electrons. The molecule has 6 nitrogen and oxygen atoms in total. The number of benzene rings is 2. The lowest BCUT2D eigenvalue weighted by Gasteiger charge is -2.36. The number of para-hydroxylation sites is 1. The van der Waals surface area contributed by atoms with Gasteiger partial charge in [-0.25, -0.2) is 14.4 Å². The summed E-state index contributed by atoms with van der Waals surface area (Å²) in [5.74, 6) is 1.55. The monoisotopic (exact) mass is 461 g/mol. The summed E-state index contributed by atoms with van der Waals surface area (Å²) in [4.78, 5) is 16.4. The van der Waals surface area contributed by atoms with E-state index in [0.29, 0.717) is 5.69 Å². The third-order valence-electron chi connectivity index (χ3n) is 6.46. The molecule has 2 aliphatic heterocycles. The average molecular weight is 462 g/mol. The summed E-state index contributed by atoms with van der Waals surface area (Å²) >= 11 is 0. The highest BCUT2D eigenvalue weighted by Gasteiger charge is 2.24. The molecule has 0 saturated carbocycles. The van der Waals surface area contributed by atoms with E-state index >= 15 is 0 Å². The van der Waals surface area contributed by atoms with E-state index in [1.165, 1.54) is 17.2 Å². The van der Waals surface area contributed by atoms with Gasteiger partial charge in [0.2, 0.25) is 5.95 Å². The van der Waals surface area contributed by atoms with Crippen LogP contribution in [-0.4, -0.2) is 53.7 Å². The van der Waals surface area contributed by atoms with Crippen LogP contribution in [0.2, 0.25) is 0 Å². The van der Waals surface area contributed by atoms with E-state index < -0.39 is 0 Å². The van der Waals surface area contributed by atoms with Crippen molar-refractivity contribution in [3.05, 3.63) is 77.4 Å². The van der Waals surface area contributed by atoms with Gasteiger partial charge in [0, 0.05) is 64.0 Å². The van der Waals surface area contributed by atoms with E-state index in [0.717, 1.165) is 69.6 Å². The minimum absolute atomic E-state index is 0.162. The second-order valence-corrected chi connectivity index (χ2v) is 9.34. The molecule has 0 atom stereocenters. The van der Waals surface area contributed by atoms with Crippen LogP contribution in [0.3, 0.4) is 0 Å². The normalized spacial score (nSPS) is 16.6. The minimum Gasteiger partial charge on any atom is -0.491 e. The topological polar surface area (TPSA) is 44.7 Å². The number of piperazine rings is 1. The zero-order valence-electron chi connectivity index (χ0n) is 20.0. The van der Waals surface area contributed by atoms with E-state index in [1.54, 1.807) is 6.07 Å². The number of fused-ring (bicyclic) bond motifs is 1. The zero-order valence-corrected chi connectivity index (χ0v) is 20.0. The molecule has 0 unspecified atom stereocenters. The minimum atomic E-state index is -0.162. The SMILES string of the molecule is CC(C)Oc1ccc(CN2CCc3nc(N4CCN(c5ccccc5F)CC4)ncc3C2)cc1. The van der Waals surface area contributed by atoms with E-state index in [-0.39, 0.29) is 11.9 Å². The number of hydrogen-bond acceptors (Lipinski definition) is 6. The summed E-state index contributed by atoms with van der Waals surface area (Å²) in [6.45, 7) is 9.92. The molecule has 2 aromatic carbocycles. The lowest BCUT2D eigenvalue weighted by molar-refractivity contribution is 0.238. The Labute approximate surface area is 201 Å². The van der Waals surface area contributed by atoms with Crippen LogP contribution in [0.4, 0.5) is 16.0 Å². The molecule has 5 rings (SSSR count). The van der Waals surface area contributed by atoms with Crippen LogP contribution in [0.5, 0.6) is 5.75 Å². The maximum absolute atomic E-state index is 14.1. The lowest BCUT2D eigenvalue weighted by Crippen LogP contribution is -2.47. The van der Waals surface area contributed by atoms with E-state index in [9.17, 15) is 4.39 Å². The quantitative estimate of drug-likeness (QED) is 0.546. The highest BCUT2D eigenvalue weighted by molar-refractivity contribution is 5.49. The van der Waals surface area contributed by atoms with Crippen LogP contribution < -0.4 is 14.5 Å². The fourth-order valence-corrected chi connectivity index (χ4v) is 4.71. The van der Waals surface area contributed by atoms with Gasteiger partial charge in [0.15, 0.2) is 0 Å². The van der Waals surface area contributed by atoms with Crippen LogP contribution >= 0.6 is 0 Å². The Balaban J connectivity index is 1.18. The molecule has 1 fully saturated rings. The molecule has 0 spiro atoms. The molecule has 3 aromatic rings.